The summed E-state index contributed by atoms with van der Waals surface area (Å²) in [5.74, 6) is 1.31. The molecule has 0 spiro atoms. The van der Waals surface area contributed by atoms with Crippen molar-refractivity contribution in [3.05, 3.63) is 52.2 Å². The van der Waals surface area contributed by atoms with Gasteiger partial charge in [0.15, 0.2) is 0 Å². The third-order valence-electron chi connectivity index (χ3n) is 4.77. The molecule has 1 fully saturated rings. The number of nitrogens with one attached hydrogen (secondary N) is 1. The number of anilines is 1. The number of piperidine rings is 1. The molecule has 1 N–H and O–H groups in total. The summed E-state index contributed by atoms with van der Waals surface area (Å²) in [6, 6.07) is 6.88. The number of nitro groups is 1. The van der Waals surface area contributed by atoms with Crippen LogP contribution in [0.15, 0.2) is 30.6 Å². The highest BCUT2D eigenvalue weighted by atomic mass is 16.6. The molecule has 3 aromatic rings. The van der Waals surface area contributed by atoms with Crippen LogP contribution < -0.4 is 4.90 Å². The molecule has 0 saturated carbocycles. The second-order valence-electron chi connectivity index (χ2n) is 6.37. The van der Waals surface area contributed by atoms with Gasteiger partial charge in [-0.2, -0.15) is 5.10 Å². The Morgan fingerprint density at radius 3 is 2.76 bits per heavy atom. The number of pyridine rings is 1. The zero-order valence-electron chi connectivity index (χ0n) is 13.8. The van der Waals surface area contributed by atoms with Gasteiger partial charge in [0.25, 0.3) is 5.69 Å². The van der Waals surface area contributed by atoms with Crippen LogP contribution in [0.5, 0.6) is 0 Å². The lowest BCUT2D eigenvalue weighted by Gasteiger charge is -2.33. The average Bonchev–Trinajstić information content (AvgIpc) is 3.15. The largest absolute Gasteiger partial charge is 0.371 e. The normalized spacial score (nSPS) is 15.6. The van der Waals surface area contributed by atoms with E-state index in [9.17, 15) is 10.1 Å². The first-order chi connectivity index (χ1) is 12.1. The Bertz CT molecular complexity index is 916. The Kier molecular flexibility index (Phi) is 3.79. The minimum atomic E-state index is -0.362. The second-order valence-corrected chi connectivity index (χ2v) is 6.37. The van der Waals surface area contributed by atoms with E-state index in [-0.39, 0.29) is 10.6 Å². The van der Waals surface area contributed by atoms with Crippen molar-refractivity contribution >= 4 is 22.3 Å². The highest BCUT2D eigenvalue weighted by Crippen LogP contribution is 2.34. The molecule has 1 aliphatic heterocycles. The zero-order valence-corrected chi connectivity index (χ0v) is 13.8. The Balaban J connectivity index is 1.66. The highest BCUT2D eigenvalue weighted by Gasteiger charge is 2.24. The molecule has 25 heavy (non-hydrogen) atoms. The van der Waals surface area contributed by atoms with E-state index in [2.05, 4.69) is 25.1 Å². The average molecular weight is 338 g/mol. The Morgan fingerprint density at radius 2 is 2.08 bits per heavy atom. The minimum Gasteiger partial charge on any atom is -0.371 e. The molecule has 0 bridgehead atoms. The van der Waals surface area contributed by atoms with Crippen molar-refractivity contribution in [2.75, 3.05) is 18.0 Å². The summed E-state index contributed by atoms with van der Waals surface area (Å²) in [5.41, 5.74) is 2.81. The van der Waals surface area contributed by atoms with Crippen molar-refractivity contribution < 1.29 is 4.92 Å². The molecule has 8 nitrogen and oxygen atoms in total. The number of nitro benzene ring substituents is 1. The predicted molar refractivity (Wildman–Crippen MR) is 93.7 cm³/mol. The summed E-state index contributed by atoms with van der Waals surface area (Å²) >= 11 is 0. The third kappa shape index (κ3) is 2.90. The van der Waals surface area contributed by atoms with Crippen molar-refractivity contribution in [2.24, 2.45) is 0 Å². The van der Waals surface area contributed by atoms with E-state index in [0.29, 0.717) is 5.92 Å². The number of H-pyrrole nitrogens is 1. The number of fused-ring (bicyclic) bond motifs is 1. The summed E-state index contributed by atoms with van der Waals surface area (Å²) < 4.78 is 0. The van der Waals surface area contributed by atoms with Gasteiger partial charge in [-0.1, -0.05) is 0 Å². The van der Waals surface area contributed by atoms with Gasteiger partial charge in [-0.05, 0) is 31.9 Å². The quantitative estimate of drug-likeness (QED) is 0.582. The van der Waals surface area contributed by atoms with Gasteiger partial charge in [-0.25, -0.2) is 4.98 Å². The van der Waals surface area contributed by atoms with E-state index in [1.54, 1.807) is 18.5 Å². The molecule has 4 rings (SSSR count). The minimum absolute atomic E-state index is 0.0935. The second kappa shape index (κ2) is 6.12. The van der Waals surface area contributed by atoms with Crippen molar-refractivity contribution in [3.8, 4) is 0 Å². The molecule has 2 aromatic heterocycles. The molecule has 1 saturated heterocycles. The van der Waals surface area contributed by atoms with E-state index in [4.69, 9.17) is 0 Å². The fourth-order valence-electron chi connectivity index (χ4n) is 3.51. The van der Waals surface area contributed by atoms with E-state index < -0.39 is 0 Å². The first-order valence-electron chi connectivity index (χ1n) is 8.28. The molecular weight excluding hydrogens is 320 g/mol. The first-order valence-corrected chi connectivity index (χ1v) is 8.28. The van der Waals surface area contributed by atoms with Crippen LogP contribution in [0.1, 0.15) is 30.3 Å². The van der Waals surface area contributed by atoms with Crippen LogP contribution in [0.2, 0.25) is 0 Å². The number of hydrogen-bond donors (Lipinski definition) is 1. The van der Waals surface area contributed by atoms with Crippen LogP contribution in [-0.4, -0.2) is 38.2 Å². The predicted octanol–water partition coefficient (Wildman–Crippen LogP) is 2.95. The van der Waals surface area contributed by atoms with Crippen LogP contribution >= 0.6 is 0 Å². The molecular formula is C17H18N6O2. The van der Waals surface area contributed by atoms with Gasteiger partial charge in [0.05, 0.1) is 10.4 Å². The number of aryl methyl sites for hydroxylation is 1. The van der Waals surface area contributed by atoms with Gasteiger partial charge < -0.3 is 4.90 Å². The molecule has 1 aromatic carbocycles. The summed E-state index contributed by atoms with van der Waals surface area (Å²) in [5, 5.41) is 18.8. The maximum absolute atomic E-state index is 11.1. The van der Waals surface area contributed by atoms with E-state index >= 15 is 0 Å². The van der Waals surface area contributed by atoms with Crippen molar-refractivity contribution in [1.82, 2.24) is 20.2 Å². The van der Waals surface area contributed by atoms with Gasteiger partial charge >= 0.3 is 0 Å². The van der Waals surface area contributed by atoms with Crippen molar-refractivity contribution in [2.45, 2.75) is 25.7 Å². The Hall–Kier alpha value is -3.03. The molecule has 0 aliphatic carbocycles. The number of aromatic amines is 1. The monoisotopic (exact) mass is 338 g/mol. The number of rotatable bonds is 3. The smallest absolute Gasteiger partial charge is 0.270 e. The molecule has 8 heteroatoms. The molecule has 3 heterocycles. The molecule has 128 valence electrons. The number of benzene rings is 1. The van der Waals surface area contributed by atoms with Crippen LogP contribution in [0.4, 0.5) is 11.4 Å². The SMILES string of the molecule is Cc1cc(N2CCC(c3ncn[nH]3)CC2)c2cc([N+](=O)[O-])ccc2n1. The van der Waals surface area contributed by atoms with Gasteiger partial charge in [-0.15, -0.1) is 0 Å². The summed E-state index contributed by atoms with van der Waals surface area (Å²) in [6.45, 7) is 3.69. The number of hydrogen-bond acceptors (Lipinski definition) is 6. The molecule has 0 unspecified atom stereocenters. The van der Waals surface area contributed by atoms with Gasteiger partial charge in [0, 0.05) is 47.9 Å². The van der Waals surface area contributed by atoms with Crippen LogP contribution in [0, 0.1) is 17.0 Å². The topological polar surface area (TPSA) is 101 Å². The van der Waals surface area contributed by atoms with Gasteiger partial charge in [0.2, 0.25) is 0 Å². The summed E-state index contributed by atoms with van der Waals surface area (Å²) in [7, 11) is 0. The molecule has 1 aliphatic rings. The lowest BCUT2D eigenvalue weighted by molar-refractivity contribution is -0.384. The summed E-state index contributed by atoms with van der Waals surface area (Å²) in [4.78, 5) is 21.8. The highest BCUT2D eigenvalue weighted by molar-refractivity contribution is 5.93. The number of non-ortho nitro benzene ring substituents is 1. The van der Waals surface area contributed by atoms with Crippen molar-refractivity contribution in [3.63, 3.8) is 0 Å². The van der Waals surface area contributed by atoms with E-state index in [0.717, 1.165) is 54.0 Å². The maximum Gasteiger partial charge on any atom is 0.270 e. The number of nitrogens with zero attached hydrogens (tertiary/aromatic N) is 5. The first kappa shape index (κ1) is 15.5. The van der Waals surface area contributed by atoms with E-state index in [1.165, 1.54) is 6.07 Å². The number of aromatic nitrogens is 4. The Morgan fingerprint density at radius 1 is 1.28 bits per heavy atom. The van der Waals surface area contributed by atoms with Crippen LogP contribution in [0.3, 0.4) is 0 Å². The third-order valence-corrected chi connectivity index (χ3v) is 4.77. The van der Waals surface area contributed by atoms with Gasteiger partial charge in [-0.3, -0.25) is 20.2 Å². The standard InChI is InChI=1S/C17H18N6O2/c1-11-8-16(14-9-13(23(24)25)2-3-15(14)20-11)22-6-4-12(5-7-22)17-18-10-19-21-17/h2-3,8-10,12H,4-7H2,1H3,(H,18,19,21). The lowest BCUT2D eigenvalue weighted by Crippen LogP contribution is -2.33. The zero-order chi connectivity index (χ0) is 17.4. The fourth-order valence-corrected chi connectivity index (χ4v) is 3.51. The van der Waals surface area contributed by atoms with Crippen LogP contribution in [0.25, 0.3) is 10.9 Å². The summed E-state index contributed by atoms with van der Waals surface area (Å²) in [6.07, 6.45) is 3.47. The van der Waals surface area contributed by atoms with E-state index in [1.807, 2.05) is 13.0 Å². The van der Waals surface area contributed by atoms with Gasteiger partial charge in [0.1, 0.15) is 12.2 Å². The maximum atomic E-state index is 11.1. The Labute approximate surface area is 144 Å². The molecule has 0 atom stereocenters. The van der Waals surface area contributed by atoms with Crippen LogP contribution in [-0.2, 0) is 0 Å². The fraction of sp³-hybridized carbons (Fsp3) is 0.353. The molecule has 0 amide bonds. The van der Waals surface area contributed by atoms with Crippen molar-refractivity contribution in [1.29, 1.82) is 0 Å². The lowest BCUT2D eigenvalue weighted by atomic mass is 9.95. The molecule has 0 radical (unpaired) electrons.